The van der Waals surface area contributed by atoms with Gasteiger partial charge in [-0.1, -0.05) is 26.8 Å². The summed E-state index contributed by atoms with van der Waals surface area (Å²) >= 11 is 0. The minimum Gasteiger partial charge on any atom is -0.382 e. The van der Waals surface area contributed by atoms with E-state index < -0.39 is 16.8 Å². The SMILES string of the molecule is Cc1ccc2c(=O)c(CN(C)C(=O)C(C)(C)C)c(C=CC(=O)C(C)(C)O)[nH]c2c1C. The van der Waals surface area contributed by atoms with Gasteiger partial charge in [-0.2, -0.15) is 0 Å². The fraction of sp³-hybridized carbons (Fsp3) is 0.458. The zero-order chi connectivity index (χ0) is 23.0. The maximum atomic E-state index is 13.3. The number of nitrogens with one attached hydrogen (secondary N) is 1. The number of aromatic amines is 1. The van der Waals surface area contributed by atoms with Crippen molar-refractivity contribution in [2.24, 2.45) is 5.41 Å². The average molecular weight is 413 g/mol. The van der Waals surface area contributed by atoms with Crippen LogP contribution in [0.15, 0.2) is 23.0 Å². The van der Waals surface area contributed by atoms with Crippen molar-refractivity contribution in [1.29, 1.82) is 0 Å². The summed E-state index contributed by atoms with van der Waals surface area (Å²) in [6.45, 7) is 12.3. The fourth-order valence-corrected chi connectivity index (χ4v) is 3.20. The molecule has 6 nitrogen and oxygen atoms in total. The van der Waals surface area contributed by atoms with Crippen LogP contribution in [0.2, 0.25) is 0 Å². The third-order valence-corrected chi connectivity index (χ3v) is 5.23. The Labute approximate surface area is 177 Å². The number of carbonyl (C=O) groups excluding carboxylic acids is 2. The monoisotopic (exact) mass is 412 g/mol. The molecule has 0 atom stereocenters. The number of carbonyl (C=O) groups is 2. The Hall–Kier alpha value is -2.73. The molecule has 0 aliphatic carbocycles. The van der Waals surface area contributed by atoms with E-state index in [2.05, 4.69) is 4.98 Å². The Bertz CT molecular complexity index is 1080. The number of nitrogens with zero attached hydrogens (tertiary/aromatic N) is 1. The normalized spacial score (nSPS) is 12.6. The maximum Gasteiger partial charge on any atom is 0.227 e. The predicted octanol–water partition coefficient (Wildman–Crippen LogP) is 3.50. The first-order chi connectivity index (χ1) is 13.6. The Kier molecular flexibility index (Phi) is 6.43. The van der Waals surface area contributed by atoms with Crippen molar-refractivity contribution >= 4 is 28.7 Å². The number of rotatable bonds is 5. The summed E-state index contributed by atoms with van der Waals surface area (Å²) in [4.78, 5) is 43.0. The van der Waals surface area contributed by atoms with Gasteiger partial charge in [-0.05, 0) is 57.0 Å². The number of fused-ring (bicyclic) bond motifs is 1. The summed E-state index contributed by atoms with van der Waals surface area (Å²) in [5.41, 5.74) is 1.24. The second kappa shape index (κ2) is 8.19. The molecule has 2 aromatic rings. The van der Waals surface area contributed by atoms with Crippen LogP contribution in [-0.2, 0) is 16.1 Å². The maximum absolute atomic E-state index is 13.3. The van der Waals surface area contributed by atoms with Crippen molar-refractivity contribution in [1.82, 2.24) is 9.88 Å². The number of H-pyrrole nitrogens is 1. The third-order valence-electron chi connectivity index (χ3n) is 5.23. The lowest BCUT2D eigenvalue weighted by atomic mass is 9.94. The molecule has 0 spiro atoms. The van der Waals surface area contributed by atoms with Crippen LogP contribution >= 0.6 is 0 Å². The van der Waals surface area contributed by atoms with E-state index in [0.717, 1.165) is 11.1 Å². The predicted molar refractivity (Wildman–Crippen MR) is 120 cm³/mol. The molecule has 2 N–H and O–H groups in total. The van der Waals surface area contributed by atoms with Gasteiger partial charge in [-0.25, -0.2) is 0 Å². The highest BCUT2D eigenvalue weighted by atomic mass is 16.3. The van der Waals surface area contributed by atoms with Crippen molar-refractivity contribution in [2.45, 2.75) is 60.6 Å². The van der Waals surface area contributed by atoms with Crippen molar-refractivity contribution in [3.8, 4) is 0 Å². The zero-order valence-electron chi connectivity index (χ0n) is 19.1. The van der Waals surface area contributed by atoms with Crippen LogP contribution in [0.3, 0.4) is 0 Å². The lowest BCUT2D eigenvalue weighted by molar-refractivity contribution is -0.138. The molecule has 1 aromatic carbocycles. The van der Waals surface area contributed by atoms with Gasteiger partial charge in [-0.3, -0.25) is 14.4 Å². The molecular formula is C24H32N2O4. The number of hydrogen-bond donors (Lipinski definition) is 2. The summed E-state index contributed by atoms with van der Waals surface area (Å²) in [6, 6.07) is 3.68. The van der Waals surface area contributed by atoms with Crippen molar-refractivity contribution in [2.75, 3.05) is 7.05 Å². The quantitative estimate of drug-likeness (QED) is 0.736. The largest absolute Gasteiger partial charge is 0.382 e. The number of benzene rings is 1. The van der Waals surface area contributed by atoms with Crippen LogP contribution < -0.4 is 5.43 Å². The van der Waals surface area contributed by atoms with E-state index in [0.29, 0.717) is 22.2 Å². The summed E-state index contributed by atoms with van der Waals surface area (Å²) < 4.78 is 0. The molecule has 0 fully saturated rings. The van der Waals surface area contributed by atoms with Crippen LogP contribution in [0.1, 0.15) is 57.0 Å². The minimum atomic E-state index is -1.51. The van der Waals surface area contributed by atoms with Gasteiger partial charge in [0.1, 0.15) is 5.60 Å². The van der Waals surface area contributed by atoms with Crippen LogP contribution in [0.5, 0.6) is 0 Å². The second-order valence-electron chi connectivity index (χ2n) is 9.44. The molecule has 0 radical (unpaired) electrons. The number of pyridine rings is 1. The highest BCUT2D eigenvalue weighted by Crippen LogP contribution is 2.22. The molecule has 1 heterocycles. The molecule has 2 rings (SSSR count). The topological polar surface area (TPSA) is 90.5 Å². The molecule has 1 amide bonds. The molecule has 162 valence electrons. The highest BCUT2D eigenvalue weighted by Gasteiger charge is 2.26. The molecular weight excluding hydrogens is 380 g/mol. The minimum absolute atomic E-state index is 0.0930. The summed E-state index contributed by atoms with van der Waals surface area (Å²) in [6.07, 6.45) is 2.77. The first kappa shape index (κ1) is 23.5. The zero-order valence-corrected chi connectivity index (χ0v) is 19.1. The smallest absolute Gasteiger partial charge is 0.227 e. The lowest BCUT2D eigenvalue weighted by Crippen LogP contribution is -2.37. The van der Waals surface area contributed by atoms with Crippen LogP contribution in [0.4, 0.5) is 0 Å². The van der Waals surface area contributed by atoms with Gasteiger partial charge in [0.15, 0.2) is 11.2 Å². The number of amides is 1. The first-order valence-electron chi connectivity index (χ1n) is 10.00. The lowest BCUT2D eigenvalue weighted by Gasteiger charge is -2.26. The molecule has 1 aromatic heterocycles. The van der Waals surface area contributed by atoms with Crippen LogP contribution in [-0.4, -0.2) is 39.3 Å². The first-order valence-corrected chi connectivity index (χ1v) is 10.00. The fourth-order valence-electron chi connectivity index (χ4n) is 3.20. The number of aromatic nitrogens is 1. The molecule has 0 unspecified atom stereocenters. The van der Waals surface area contributed by atoms with Gasteiger partial charge in [0, 0.05) is 29.1 Å². The van der Waals surface area contributed by atoms with Crippen LogP contribution in [0.25, 0.3) is 17.0 Å². The molecule has 30 heavy (non-hydrogen) atoms. The Morgan fingerprint density at radius 1 is 1.13 bits per heavy atom. The number of hydrogen-bond acceptors (Lipinski definition) is 4. The van der Waals surface area contributed by atoms with Crippen molar-refractivity contribution < 1.29 is 14.7 Å². The van der Waals surface area contributed by atoms with E-state index in [1.54, 1.807) is 13.1 Å². The van der Waals surface area contributed by atoms with Gasteiger partial charge in [-0.15, -0.1) is 0 Å². The Balaban J connectivity index is 2.69. The van der Waals surface area contributed by atoms with Gasteiger partial charge >= 0.3 is 0 Å². The second-order valence-corrected chi connectivity index (χ2v) is 9.44. The molecule has 0 aliphatic heterocycles. The van der Waals surface area contributed by atoms with Gasteiger partial charge in [0.05, 0.1) is 12.1 Å². The Morgan fingerprint density at radius 3 is 2.27 bits per heavy atom. The van der Waals surface area contributed by atoms with E-state index >= 15 is 0 Å². The standard InChI is InChI=1S/C24H32N2O4/c1-14-9-10-16-20(15(14)2)25-18(11-12-19(27)24(6,7)30)17(21(16)28)13-26(8)22(29)23(3,4)5/h9-12,30H,13H2,1-8H3,(H,25,28). The molecule has 0 saturated heterocycles. The van der Waals surface area contributed by atoms with Gasteiger partial charge < -0.3 is 15.0 Å². The Morgan fingerprint density at radius 2 is 1.73 bits per heavy atom. The average Bonchev–Trinajstić information content (AvgIpc) is 2.63. The molecule has 0 saturated carbocycles. The summed E-state index contributed by atoms with van der Waals surface area (Å²) in [5, 5.41) is 10.5. The van der Waals surface area contributed by atoms with Crippen molar-refractivity contribution in [3.63, 3.8) is 0 Å². The van der Waals surface area contributed by atoms with Gasteiger partial charge in [0.2, 0.25) is 5.91 Å². The highest BCUT2D eigenvalue weighted by molar-refractivity contribution is 5.99. The molecule has 0 bridgehead atoms. The number of ketones is 1. The summed E-state index contributed by atoms with van der Waals surface area (Å²) in [5.74, 6) is -0.570. The van der Waals surface area contributed by atoms with E-state index in [4.69, 9.17) is 0 Å². The van der Waals surface area contributed by atoms with Gasteiger partial charge in [0.25, 0.3) is 0 Å². The van der Waals surface area contributed by atoms with E-state index in [1.165, 1.54) is 30.9 Å². The van der Waals surface area contributed by atoms with E-state index in [-0.39, 0.29) is 17.9 Å². The number of aryl methyl sites for hydroxylation is 2. The molecule has 0 aliphatic rings. The summed E-state index contributed by atoms with van der Waals surface area (Å²) in [7, 11) is 1.66. The number of aliphatic hydroxyl groups is 1. The van der Waals surface area contributed by atoms with E-state index in [1.807, 2.05) is 40.7 Å². The van der Waals surface area contributed by atoms with Crippen molar-refractivity contribution in [3.05, 3.63) is 50.8 Å². The van der Waals surface area contributed by atoms with E-state index in [9.17, 15) is 19.5 Å². The van der Waals surface area contributed by atoms with Crippen LogP contribution in [0, 0.1) is 19.3 Å². The third kappa shape index (κ3) is 4.87. The molecule has 6 heteroatoms.